The second-order valence-corrected chi connectivity index (χ2v) is 8.67. The second-order valence-electron chi connectivity index (χ2n) is 8.67. The number of nitrogens with zero attached hydrogens (tertiary/aromatic N) is 4. The number of hydrogen-bond acceptors (Lipinski definition) is 7. The molecule has 204 valence electrons. The van der Waals surface area contributed by atoms with Crippen molar-refractivity contribution < 1.29 is 18.4 Å². The molecule has 0 fully saturated rings. The van der Waals surface area contributed by atoms with E-state index in [1.165, 1.54) is 23.1 Å². The molecule has 0 aliphatic heterocycles. The van der Waals surface area contributed by atoms with Gasteiger partial charge in [0.05, 0.1) is 25.0 Å². The smallest absolute Gasteiger partial charge is 0.246 e. The van der Waals surface area contributed by atoms with Crippen molar-refractivity contribution in [2.75, 3.05) is 64.6 Å². The van der Waals surface area contributed by atoms with Crippen molar-refractivity contribution in [2.45, 2.75) is 19.3 Å². The van der Waals surface area contributed by atoms with Gasteiger partial charge in [-0.25, -0.2) is 9.37 Å². The Morgan fingerprint density at radius 2 is 1.87 bits per heavy atom. The van der Waals surface area contributed by atoms with Crippen molar-refractivity contribution in [3.63, 3.8) is 0 Å². The Hall–Kier alpha value is -4.04. The Balaban J connectivity index is 1.85. The summed E-state index contributed by atoms with van der Waals surface area (Å²) in [6.07, 6.45) is 6.23. The van der Waals surface area contributed by atoms with Gasteiger partial charge in [0.15, 0.2) is 0 Å². The van der Waals surface area contributed by atoms with E-state index in [1.54, 1.807) is 31.5 Å². The van der Waals surface area contributed by atoms with Crippen molar-refractivity contribution in [1.82, 2.24) is 25.1 Å². The van der Waals surface area contributed by atoms with Gasteiger partial charge in [-0.1, -0.05) is 17.9 Å². The fraction of sp³-hybridized carbons (Fsp3) is 0.407. The van der Waals surface area contributed by atoms with Crippen LogP contribution in [-0.4, -0.2) is 85.6 Å². The van der Waals surface area contributed by atoms with E-state index in [-0.39, 0.29) is 24.2 Å². The summed E-state index contributed by atoms with van der Waals surface area (Å²) in [7, 11) is 5.38. The molecule has 1 aromatic heterocycles. The molecular formula is C27H35F2N7O2. The normalized spacial score (nSPS) is 10.7. The molecule has 3 N–H and O–H groups in total. The van der Waals surface area contributed by atoms with Crippen LogP contribution in [0.4, 0.5) is 26.2 Å². The third-order valence-electron chi connectivity index (χ3n) is 5.00. The van der Waals surface area contributed by atoms with Crippen LogP contribution < -0.4 is 16.0 Å². The molecule has 0 radical (unpaired) electrons. The lowest BCUT2D eigenvalue weighted by Crippen LogP contribution is -2.38. The number of likely N-dealkylation sites (N-methyl/N-ethyl adjacent to an activating group) is 2. The van der Waals surface area contributed by atoms with E-state index in [4.69, 9.17) is 0 Å². The topological polar surface area (TPSA) is 102 Å². The maximum absolute atomic E-state index is 13.1. The monoisotopic (exact) mass is 527 g/mol. The predicted molar refractivity (Wildman–Crippen MR) is 145 cm³/mol. The van der Waals surface area contributed by atoms with Crippen LogP contribution in [-0.2, 0) is 9.59 Å². The van der Waals surface area contributed by atoms with Gasteiger partial charge in [-0.2, -0.15) is 4.98 Å². The molecule has 1 heterocycles. The fourth-order valence-corrected chi connectivity index (χ4v) is 3.01. The molecule has 0 spiro atoms. The number of benzene rings is 1. The highest BCUT2D eigenvalue weighted by atomic mass is 19.1. The fourth-order valence-electron chi connectivity index (χ4n) is 3.01. The van der Waals surface area contributed by atoms with Gasteiger partial charge in [-0.05, 0) is 51.2 Å². The quantitative estimate of drug-likeness (QED) is 0.197. The van der Waals surface area contributed by atoms with Crippen molar-refractivity contribution >= 4 is 29.3 Å². The van der Waals surface area contributed by atoms with Gasteiger partial charge in [0.25, 0.3) is 0 Å². The number of anilines is 3. The third kappa shape index (κ3) is 11.8. The molecule has 9 nitrogen and oxygen atoms in total. The Kier molecular flexibility index (Phi) is 13.2. The number of nitrogens with one attached hydrogen (secondary N) is 3. The summed E-state index contributed by atoms with van der Waals surface area (Å²) >= 11 is 0. The molecule has 0 saturated carbocycles. The molecule has 0 unspecified atom stereocenters. The molecule has 2 aromatic rings. The number of rotatable bonds is 14. The highest BCUT2D eigenvalue weighted by molar-refractivity contribution is 5.91. The van der Waals surface area contributed by atoms with Gasteiger partial charge in [-0.3, -0.25) is 14.0 Å². The van der Waals surface area contributed by atoms with Crippen molar-refractivity contribution in [3.05, 3.63) is 54.0 Å². The summed E-state index contributed by atoms with van der Waals surface area (Å²) in [5, 5.41) is 8.85. The SMILES string of the molecule is CN(C)CC=CC(=O)N(C)CC(=O)NCCCC#Cc1cnc(Nc2ccc(F)cc2)nc1NCCCF. The molecular weight excluding hydrogens is 492 g/mol. The molecule has 0 bridgehead atoms. The van der Waals surface area contributed by atoms with E-state index in [0.717, 1.165) is 0 Å². The maximum Gasteiger partial charge on any atom is 0.246 e. The Morgan fingerprint density at radius 3 is 2.58 bits per heavy atom. The number of hydrogen-bond donors (Lipinski definition) is 3. The van der Waals surface area contributed by atoms with E-state index in [2.05, 4.69) is 37.8 Å². The number of aromatic nitrogens is 2. The van der Waals surface area contributed by atoms with Crippen LogP contribution in [0.25, 0.3) is 0 Å². The number of halogens is 2. The lowest BCUT2D eigenvalue weighted by molar-refractivity contribution is -0.131. The first-order chi connectivity index (χ1) is 18.3. The van der Waals surface area contributed by atoms with Crippen LogP contribution in [0.1, 0.15) is 24.8 Å². The molecule has 11 heteroatoms. The summed E-state index contributed by atoms with van der Waals surface area (Å²) in [6, 6.07) is 5.79. The molecule has 0 aliphatic rings. The average Bonchev–Trinajstić information content (AvgIpc) is 2.88. The van der Waals surface area contributed by atoms with Crippen LogP contribution in [0.5, 0.6) is 0 Å². The third-order valence-corrected chi connectivity index (χ3v) is 5.00. The number of alkyl halides is 1. The summed E-state index contributed by atoms with van der Waals surface area (Å²) in [6.45, 7) is 0.964. The van der Waals surface area contributed by atoms with Gasteiger partial charge in [0.2, 0.25) is 17.8 Å². The molecule has 38 heavy (non-hydrogen) atoms. The maximum atomic E-state index is 13.1. The second kappa shape index (κ2) is 16.7. The minimum atomic E-state index is -0.456. The highest BCUT2D eigenvalue weighted by Crippen LogP contribution is 2.17. The summed E-state index contributed by atoms with van der Waals surface area (Å²) in [5.74, 6) is 5.99. The average molecular weight is 528 g/mol. The number of carbonyl (C=O) groups is 2. The number of amides is 2. The minimum absolute atomic E-state index is 0.0274. The van der Waals surface area contributed by atoms with Gasteiger partial charge in [0.1, 0.15) is 11.6 Å². The molecule has 1 aromatic carbocycles. The molecule has 0 aliphatic carbocycles. The van der Waals surface area contributed by atoms with E-state index in [1.807, 2.05) is 19.0 Å². The highest BCUT2D eigenvalue weighted by Gasteiger charge is 2.10. The molecule has 2 amide bonds. The Bertz CT molecular complexity index is 1130. The summed E-state index contributed by atoms with van der Waals surface area (Å²) in [4.78, 5) is 36.1. The van der Waals surface area contributed by atoms with E-state index >= 15 is 0 Å². The van der Waals surface area contributed by atoms with Gasteiger partial charge in [-0.15, -0.1) is 0 Å². The standard InChI is InChI=1S/C27H35F2N7O2/c1-35(2)18-7-10-25(38)36(3)20-24(37)30-16-6-4-5-9-21-19-32-27(34-26(21)31-17-8-15-28)33-23-13-11-22(29)12-14-23/h7,10-14,19H,4,6,8,15-18,20H2,1-3H3,(H,30,37)(H2,31,32,33,34). The predicted octanol–water partition coefficient (Wildman–Crippen LogP) is 2.95. The lowest BCUT2D eigenvalue weighted by atomic mass is 10.2. The first-order valence-electron chi connectivity index (χ1n) is 12.3. The van der Waals surface area contributed by atoms with Crippen LogP contribution >= 0.6 is 0 Å². The van der Waals surface area contributed by atoms with E-state index in [9.17, 15) is 18.4 Å². The minimum Gasteiger partial charge on any atom is -0.369 e. The van der Waals surface area contributed by atoms with Crippen molar-refractivity contribution in [3.8, 4) is 11.8 Å². The zero-order valence-electron chi connectivity index (χ0n) is 22.1. The molecule has 0 saturated heterocycles. The number of carbonyl (C=O) groups excluding carboxylic acids is 2. The Labute approximate surface area is 222 Å². The van der Waals surface area contributed by atoms with Gasteiger partial charge < -0.3 is 25.8 Å². The van der Waals surface area contributed by atoms with E-state index in [0.29, 0.717) is 61.9 Å². The summed E-state index contributed by atoms with van der Waals surface area (Å²) in [5.41, 5.74) is 1.18. The van der Waals surface area contributed by atoms with Crippen LogP contribution in [0.2, 0.25) is 0 Å². The van der Waals surface area contributed by atoms with E-state index < -0.39 is 6.67 Å². The zero-order valence-corrected chi connectivity index (χ0v) is 22.1. The van der Waals surface area contributed by atoms with Gasteiger partial charge >= 0.3 is 0 Å². The largest absolute Gasteiger partial charge is 0.369 e. The van der Waals surface area contributed by atoms with Crippen LogP contribution in [0, 0.1) is 17.7 Å². The van der Waals surface area contributed by atoms with Crippen LogP contribution in [0.15, 0.2) is 42.6 Å². The first-order valence-corrected chi connectivity index (χ1v) is 12.3. The van der Waals surface area contributed by atoms with Crippen LogP contribution in [0.3, 0.4) is 0 Å². The number of unbranched alkanes of at least 4 members (excludes halogenated alkanes) is 1. The molecule has 0 atom stereocenters. The lowest BCUT2D eigenvalue weighted by Gasteiger charge is -2.14. The summed E-state index contributed by atoms with van der Waals surface area (Å²) < 4.78 is 25.7. The zero-order chi connectivity index (χ0) is 27.8. The first kappa shape index (κ1) is 30.2. The molecule has 2 rings (SSSR count). The van der Waals surface area contributed by atoms with Crippen molar-refractivity contribution in [1.29, 1.82) is 0 Å². The van der Waals surface area contributed by atoms with Gasteiger partial charge in [0, 0.05) is 44.9 Å². The van der Waals surface area contributed by atoms with Crippen molar-refractivity contribution in [2.24, 2.45) is 0 Å². The Morgan fingerprint density at radius 1 is 1.11 bits per heavy atom.